The van der Waals surface area contributed by atoms with E-state index in [9.17, 15) is 25.3 Å². The number of aliphatic hydroxyl groups excluding tert-OH is 1. The summed E-state index contributed by atoms with van der Waals surface area (Å²) in [4.78, 5) is 23.2. The van der Waals surface area contributed by atoms with Gasteiger partial charge in [-0.25, -0.2) is 0 Å². The molecule has 0 heterocycles. The van der Waals surface area contributed by atoms with Crippen molar-refractivity contribution < 1.29 is 19.7 Å². The molecule has 3 unspecified atom stereocenters. The van der Waals surface area contributed by atoms with Crippen molar-refractivity contribution in [2.75, 3.05) is 13.2 Å². The lowest BCUT2D eigenvalue weighted by Gasteiger charge is -2.30. The van der Waals surface area contributed by atoms with E-state index in [4.69, 9.17) is 4.74 Å². The second kappa shape index (κ2) is 11.9. The molecule has 0 amide bonds. The van der Waals surface area contributed by atoms with E-state index in [1.54, 1.807) is 23.1 Å². The minimum atomic E-state index is -1.20. The minimum absolute atomic E-state index is 0.00591. The summed E-state index contributed by atoms with van der Waals surface area (Å²) in [5, 5.41) is 33.3. The predicted octanol–water partition coefficient (Wildman–Crippen LogP) is 5.50. The maximum atomic E-state index is 11.2. The van der Waals surface area contributed by atoms with Gasteiger partial charge in [0.05, 0.1) is 11.5 Å². The Kier molecular flexibility index (Phi) is 8.11. The number of non-ortho nitro benzene ring substituents is 1. The number of hydrogen-bond donors (Lipinski definition) is 1. The van der Waals surface area contributed by atoms with Crippen molar-refractivity contribution >= 4 is 5.69 Å². The van der Waals surface area contributed by atoms with Crippen LogP contribution in [0.15, 0.2) is 84.9 Å². The third kappa shape index (κ3) is 6.06. The molecule has 39 heavy (non-hydrogen) atoms. The molecule has 0 aliphatic heterocycles. The maximum absolute atomic E-state index is 11.2. The van der Waals surface area contributed by atoms with E-state index in [0.717, 1.165) is 5.56 Å². The number of allylic oxidation sites excluding steroid dienone is 1. The van der Waals surface area contributed by atoms with Crippen LogP contribution >= 0.6 is 0 Å². The van der Waals surface area contributed by atoms with Crippen LogP contribution in [-0.2, 0) is 11.3 Å². The van der Waals surface area contributed by atoms with Crippen LogP contribution in [-0.4, -0.2) is 45.5 Å². The van der Waals surface area contributed by atoms with E-state index in [1.807, 2.05) is 30.3 Å². The van der Waals surface area contributed by atoms with Crippen LogP contribution < -0.4 is 0 Å². The van der Waals surface area contributed by atoms with Crippen molar-refractivity contribution in [1.82, 2.24) is 4.90 Å². The molecular weight excluding hydrogens is 498 g/mol. The van der Waals surface area contributed by atoms with Crippen molar-refractivity contribution in [3.05, 3.63) is 122 Å². The van der Waals surface area contributed by atoms with Crippen LogP contribution in [0.5, 0.6) is 0 Å². The van der Waals surface area contributed by atoms with E-state index in [-0.39, 0.29) is 22.4 Å². The fourth-order valence-corrected chi connectivity index (χ4v) is 5.56. The summed E-state index contributed by atoms with van der Waals surface area (Å²) in [5.74, 6) is 0.162. The van der Waals surface area contributed by atoms with Crippen LogP contribution in [0.4, 0.5) is 5.69 Å². The van der Waals surface area contributed by atoms with Crippen LogP contribution in [0.3, 0.4) is 0 Å². The van der Waals surface area contributed by atoms with Crippen LogP contribution in [0.25, 0.3) is 11.1 Å². The standard InChI is InChI=1S/C30H31N3O6/c34-30(39-20-29-27-7-3-1-5-25(27)26-6-2-4-8-28(26)29)31(19-22-11-15-24(16-12-22)33(37)38)18-17-21-9-13-23(14-10-21)32(35)36/h1-9,11-13,15-16,21,23,29-30,34H,10,14,17-20H2. The molecular formula is C30H31N3O6. The zero-order valence-corrected chi connectivity index (χ0v) is 21.5. The molecule has 3 aromatic carbocycles. The first-order chi connectivity index (χ1) is 18.9. The Morgan fingerprint density at radius 1 is 0.897 bits per heavy atom. The highest BCUT2D eigenvalue weighted by Crippen LogP contribution is 2.44. The van der Waals surface area contributed by atoms with Crippen molar-refractivity contribution in [3.8, 4) is 11.1 Å². The Hall–Kier alpha value is -3.92. The zero-order chi connectivity index (χ0) is 27.4. The number of nitrogens with zero attached hydrogens (tertiary/aromatic N) is 3. The van der Waals surface area contributed by atoms with Crippen LogP contribution in [0, 0.1) is 26.1 Å². The molecule has 202 valence electrons. The molecule has 2 aliphatic rings. The van der Waals surface area contributed by atoms with Crippen molar-refractivity contribution in [1.29, 1.82) is 0 Å². The predicted molar refractivity (Wildman–Crippen MR) is 146 cm³/mol. The lowest BCUT2D eigenvalue weighted by atomic mass is 9.90. The SMILES string of the molecule is O=[N+]([O-])c1ccc(CN(CCC2C=CC([N+](=O)[O-])CC2)C(O)OCC2c3ccccc3-c3ccccc32)cc1. The molecule has 0 aromatic heterocycles. The normalized spacial score (nSPS) is 19.0. The summed E-state index contributed by atoms with van der Waals surface area (Å²) in [6.45, 7) is 1.12. The Morgan fingerprint density at radius 2 is 1.54 bits per heavy atom. The third-order valence-electron chi connectivity index (χ3n) is 7.72. The summed E-state index contributed by atoms with van der Waals surface area (Å²) in [7, 11) is 0. The zero-order valence-electron chi connectivity index (χ0n) is 21.5. The molecule has 2 aliphatic carbocycles. The molecule has 3 aromatic rings. The van der Waals surface area contributed by atoms with E-state index in [0.29, 0.717) is 39.0 Å². The van der Waals surface area contributed by atoms with Crippen molar-refractivity contribution in [3.63, 3.8) is 0 Å². The van der Waals surface area contributed by atoms with Gasteiger partial charge in [0.25, 0.3) is 5.69 Å². The fourth-order valence-electron chi connectivity index (χ4n) is 5.56. The van der Waals surface area contributed by atoms with Crippen LogP contribution in [0.1, 0.15) is 41.9 Å². The van der Waals surface area contributed by atoms with Gasteiger partial charge in [-0.3, -0.25) is 25.1 Å². The number of hydrogen-bond acceptors (Lipinski definition) is 7. The Labute approximate surface area is 226 Å². The summed E-state index contributed by atoms with van der Waals surface area (Å²) in [5.41, 5.74) is 5.51. The molecule has 1 N–H and O–H groups in total. The van der Waals surface area contributed by atoms with Gasteiger partial charge in [-0.1, -0.05) is 66.7 Å². The van der Waals surface area contributed by atoms with Crippen molar-refractivity contribution in [2.45, 2.75) is 44.2 Å². The largest absolute Gasteiger partial charge is 0.356 e. The number of aliphatic hydroxyl groups is 1. The molecule has 5 rings (SSSR count). The average molecular weight is 530 g/mol. The third-order valence-corrected chi connectivity index (χ3v) is 7.72. The number of nitro benzene ring substituents is 1. The summed E-state index contributed by atoms with van der Waals surface area (Å²) >= 11 is 0. The highest BCUT2D eigenvalue weighted by molar-refractivity contribution is 5.78. The quantitative estimate of drug-likeness (QED) is 0.151. The van der Waals surface area contributed by atoms with Crippen molar-refractivity contribution in [2.24, 2.45) is 5.92 Å². The highest BCUT2D eigenvalue weighted by Gasteiger charge is 2.30. The molecule has 0 spiro atoms. The Bertz CT molecular complexity index is 1310. The lowest BCUT2D eigenvalue weighted by Crippen LogP contribution is -2.39. The molecule has 0 fully saturated rings. The number of fused-ring (bicyclic) bond motifs is 3. The molecule has 0 saturated heterocycles. The minimum Gasteiger partial charge on any atom is -0.356 e. The van der Waals surface area contributed by atoms with Gasteiger partial charge in [-0.15, -0.1) is 0 Å². The number of nitro groups is 2. The molecule has 9 nitrogen and oxygen atoms in total. The first-order valence-electron chi connectivity index (χ1n) is 13.2. The Morgan fingerprint density at radius 3 is 2.10 bits per heavy atom. The van der Waals surface area contributed by atoms with Gasteiger partial charge in [0.1, 0.15) is 0 Å². The number of rotatable bonds is 11. The molecule has 3 atom stereocenters. The van der Waals surface area contributed by atoms with Gasteiger partial charge < -0.3 is 9.84 Å². The van der Waals surface area contributed by atoms with Gasteiger partial charge in [0.2, 0.25) is 12.5 Å². The number of benzene rings is 3. The summed E-state index contributed by atoms with van der Waals surface area (Å²) < 4.78 is 6.09. The molecule has 0 saturated carbocycles. The topological polar surface area (TPSA) is 119 Å². The lowest BCUT2D eigenvalue weighted by molar-refractivity contribution is -0.511. The van der Waals surface area contributed by atoms with Gasteiger partial charge in [0, 0.05) is 42.5 Å². The highest BCUT2D eigenvalue weighted by atomic mass is 16.6. The molecule has 0 bridgehead atoms. The first kappa shape index (κ1) is 26.7. The van der Waals surface area contributed by atoms with Gasteiger partial charge >= 0.3 is 0 Å². The fraction of sp³-hybridized carbons (Fsp3) is 0.333. The monoisotopic (exact) mass is 529 g/mol. The van der Waals surface area contributed by atoms with Gasteiger partial charge in [-0.05, 0) is 52.7 Å². The van der Waals surface area contributed by atoms with E-state index in [2.05, 4.69) is 24.3 Å². The van der Waals surface area contributed by atoms with Crippen LogP contribution in [0.2, 0.25) is 0 Å². The van der Waals surface area contributed by atoms with E-state index >= 15 is 0 Å². The smallest absolute Gasteiger partial charge is 0.269 e. The first-order valence-corrected chi connectivity index (χ1v) is 13.2. The summed E-state index contributed by atoms with van der Waals surface area (Å²) in [6.07, 6.45) is 4.27. The van der Waals surface area contributed by atoms with E-state index < -0.39 is 17.4 Å². The summed E-state index contributed by atoms with van der Waals surface area (Å²) in [6, 6.07) is 22.1. The second-order valence-corrected chi connectivity index (χ2v) is 10.1. The average Bonchev–Trinajstić information content (AvgIpc) is 3.28. The second-order valence-electron chi connectivity index (χ2n) is 10.1. The maximum Gasteiger partial charge on any atom is 0.269 e. The van der Waals surface area contributed by atoms with Gasteiger partial charge in [0.15, 0.2) is 0 Å². The van der Waals surface area contributed by atoms with E-state index in [1.165, 1.54) is 34.4 Å². The molecule has 9 heteroatoms. The number of ether oxygens (including phenoxy) is 1. The Balaban J connectivity index is 1.29. The van der Waals surface area contributed by atoms with Gasteiger partial charge in [-0.2, -0.15) is 0 Å². The molecule has 0 radical (unpaired) electrons.